The van der Waals surface area contributed by atoms with Gasteiger partial charge in [-0.3, -0.25) is 9.59 Å². The van der Waals surface area contributed by atoms with Crippen LogP contribution in [0.3, 0.4) is 0 Å². The van der Waals surface area contributed by atoms with Crippen LogP contribution >= 0.6 is 0 Å². The van der Waals surface area contributed by atoms with Crippen LogP contribution in [-0.2, 0) is 14.3 Å². The van der Waals surface area contributed by atoms with E-state index in [9.17, 15) is 9.59 Å². The highest BCUT2D eigenvalue weighted by Gasteiger charge is 2.21. The first-order chi connectivity index (χ1) is 8.70. The highest BCUT2D eigenvalue weighted by atomic mass is 16.5. The average Bonchev–Trinajstić information content (AvgIpc) is 2.41. The van der Waals surface area contributed by atoms with E-state index in [0.717, 1.165) is 0 Å². The number of nitrogens with zero attached hydrogens (tertiary/aromatic N) is 1. The number of amides is 2. The molecule has 0 atom stereocenters. The number of benzene rings is 1. The third-order valence-electron chi connectivity index (χ3n) is 2.42. The minimum atomic E-state index is -0.613. The number of hydrogen-bond donors (Lipinski definition) is 1. The average molecular weight is 250 g/mol. The van der Waals surface area contributed by atoms with Crippen LogP contribution in [0.15, 0.2) is 30.3 Å². The van der Waals surface area contributed by atoms with Crippen molar-refractivity contribution < 1.29 is 14.3 Å². The number of rotatable bonds is 5. The normalized spacial score (nSPS) is 9.89. The van der Waals surface area contributed by atoms with Gasteiger partial charge in [-0.15, -0.1) is 0 Å². The number of anilines is 1. The summed E-state index contributed by atoms with van der Waals surface area (Å²) in [6, 6.07) is 9.11. The van der Waals surface area contributed by atoms with Crippen molar-refractivity contribution in [3.8, 4) is 0 Å². The van der Waals surface area contributed by atoms with Crippen molar-refractivity contribution in [3.63, 3.8) is 0 Å². The van der Waals surface area contributed by atoms with E-state index in [0.29, 0.717) is 25.4 Å². The Bertz CT molecular complexity index is 392. The number of methoxy groups -OCH3 is 1. The van der Waals surface area contributed by atoms with E-state index in [1.165, 1.54) is 12.0 Å². The Balaban J connectivity index is 2.65. The summed E-state index contributed by atoms with van der Waals surface area (Å²) in [6.07, 6.45) is 0. The van der Waals surface area contributed by atoms with Crippen LogP contribution in [0.25, 0.3) is 0 Å². The van der Waals surface area contributed by atoms with Crippen LogP contribution in [0.5, 0.6) is 0 Å². The molecule has 0 fully saturated rings. The number of likely N-dealkylation sites (N-methyl/N-ethyl adjacent to an activating group) is 1. The largest absolute Gasteiger partial charge is 0.383 e. The zero-order valence-corrected chi connectivity index (χ0v) is 10.7. The Hall–Kier alpha value is -1.88. The van der Waals surface area contributed by atoms with Crippen LogP contribution in [0, 0.1) is 0 Å². The first-order valence-corrected chi connectivity index (χ1v) is 5.84. The lowest BCUT2D eigenvalue weighted by atomic mass is 10.3. The minimum Gasteiger partial charge on any atom is -0.383 e. The molecule has 2 amide bonds. The predicted octanol–water partition coefficient (Wildman–Crippen LogP) is 0.802. The molecule has 0 unspecified atom stereocenters. The molecule has 1 aromatic rings. The Morgan fingerprint density at radius 3 is 2.50 bits per heavy atom. The van der Waals surface area contributed by atoms with E-state index in [4.69, 9.17) is 4.74 Å². The van der Waals surface area contributed by atoms with Crippen molar-refractivity contribution in [2.24, 2.45) is 0 Å². The summed E-state index contributed by atoms with van der Waals surface area (Å²) in [6.45, 7) is 2.98. The number of carbonyl (C=O) groups excluding carboxylic acids is 2. The first kappa shape index (κ1) is 14.2. The number of carbonyl (C=O) groups is 2. The molecule has 98 valence electrons. The Labute approximate surface area is 107 Å². The van der Waals surface area contributed by atoms with E-state index in [1.54, 1.807) is 12.1 Å². The van der Waals surface area contributed by atoms with Gasteiger partial charge in [0.25, 0.3) is 0 Å². The molecular formula is C13H18N2O3. The van der Waals surface area contributed by atoms with Crippen molar-refractivity contribution in [3.05, 3.63) is 30.3 Å². The molecule has 0 spiro atoms. The number of nitrogens with one attached hydrogen (secondary N) is 1. The van der Waals surface area contributed by atoms with E-state index in [1.807, 2.05) is 25.1 Å². The molecule has 0 bridgehead atoms. The molecule has 18 heavy (non-hydrogen) atoms. The second kappa shape index (κ2) is 7.45. The van der Waals surface area contributed by atoms with Crippen molar-refractivity contribution >= 4 is 17.5 Å². The quantitative estimate of drug-likeness (QED) is 0.621. The summed E-state index contributed by atoms with van der Waals surface area (Å²) in [5.41, 5.74) is 0.715. The highest BCUT2D eigenvalue weighted by molar-refractivity contribution is 6.40. The van der Waals surface area contributed by atoms with Gasteiger partial charge in [0.15, 0.2) is 0 Å². The smallest absolute Gasteiger partial charge is 0.316 e. The van der Waals surface area contributed by atoms with Crippen LogP contribution in [0.1, 0.15) is 6.92 Å². The fraction of sp³-hybridized carbons (Fsp3) is 0.385. The van der Waals surface area contributed by atoms with Gasteiger partial charge in [-0.2, -0.15) is 0 Å². The molecule has 0 aliphatic heterocycles. The predicted molar refractivity (Wildman–Crippen MR) is 69.4 cm³/mol. The zero-order valence-electron chi connectivity index (χ0n) is 10.7. The second-order valence-electron chi connectivity index (χ2n) is 3.63. The maximum atomic E-state index is 11.9. The number of para-hydroxylation sites is 1. The van der Waals surface area contributed by atoms with Gasteiger partial charge in [-0.1, -0.05) is 18.2 Å². The topological polar surface area (TPSA) is 58.6 Å². The summed E-state index contributed by atoms with van der Waals surface area (Å²) in [4.78, 5) is 25.0. The van der Waals surface area contributed by atoms with Crippen LogP contribution in [0.2, 0.25) is 0 Å². The van der Waals surface area contributed by atoms with Gasteiger partial charge in [0.05, 0.1) is 6.61 Å². The van der Waals surface area contributed by atoms with Crippen molar-refractivity contribution in [2.75, 3.05) is 31.7 Å². The third-order valence-corrected chi connectivity index (χ3v) is 2.42. The zero-order chi connectivity index (χ0) is 13.4. The maximum absolute atomic E-state index is 11.9. The molecule has 0 aliphatic rings. The standard InChI is InChI=1S/C13H18N2O3/c1-3-15(11-7-5-4-6-8-11)13(17)12(16)14-9-10-18-2/h4-8H,3,9-10H2,1-2H3,(H,14,16). The molecule has 0 saturated heterocycles. The lowest BCUT2D eigenvalue weighted by Crippen LogP contribution is -2.44. The molecule has 5 heteroatoms. The van der Waals surface area contributed by atoms with Crippen molar-refractivity contribution in [2.45, 2.75) is 6.92 Å². The lowest BCUT2D eigenvalue weighted by molar-refractivity contribution is -0.137. The third kappa shape index (κ3) is 3.85. The Morgan fingerprint density at radius 1 is 1.28 bits per heavy atom. The SMILES string of the molecule is CCN(C(=O)C(=O)NCCOC)c1ccccc1. The summed E-state index contributed by atoms with van der Waals surface area (Å²) >= 11 is 0. The van der Waals surface area contributed by atoms with Crippen LogP contribution in [-0.4, -0.2) is 38.6 Å². The first-order valence-electron chi connectivity index (χ1n) is 5.84. The van der Waals surface area contributed by atoms with Gasteiger partial charge in [-0.25, -0.2) is 0 Å². The number of hydrogen-bond acceptors (Lipinski definition) is 3. The van der Waals surface area contributed by atoms with Gasteiger partial charge >= 0.3 is 11.8 Å². The summed E-state index contributed by atoms with van der Waals surface area (Å²) in [5.74, 6) is -1.17. The van der Waals surface area contributed by atoms with E-state index in [-0.39, 0.29) is 0 Å². The van der Waals surface area contributed by atoms with Gasteiger partial charge in [0, 0.05) is 25.9 Å². The Kier molecular flexibility index (Phi) is 5.87. The molecule has 0 heterocycles. The van der Waals surface area contributed by atoms with E-state index >= 15 is 0 Å². The van der Waals surface area contributed by atoms with E-state index in [2.05, 4.69) is 5.32 Å². The summed E-state index contributed by atoms with van der Waals surface area (Å²) < 4.78 is 4.80. The molecule has 0 aromatic heterocycles. The minimum absolute atomic E-state index is 0.327. The summed E-state index contributed by atoms with van der Waals surface area (Å²) in [7, 11) is 1.54. The van der Waals surface area contributed by atoms with E-state index < -0.39 is 11.8 Å². The molecule has 0 saturated carbocycles. The molecule has 1 rings (SSSR count). The molecule has 0 aliphatic carbocycles. The summed E-state index contributed by atoms with van der Waals surface area (Å²) in [5, 5.41) is 2.51. The molecule has 1 N–H and O–H groups in total. The highest BCUT2D eigenvalue weighted by Crippen LogP contribution is 2.12. The van der Waals surface area contributed by atoms with Gasteiger partial charge in [0.2, 0.25) is 0 Å². The van der Waals surface area contributed by atoms with Crippen LogP contribution < -0.4 is 10.2 Å². The molecule has 5 nitrogen and oxygen atoms in total. The van der Waals surface area contributed by atoms with Crippen molar-refractivity contribution in [1.82, 2.24) is 5.32 Å². The monoisotopic (exact) mass is 250 g/mol. The van der Waals surface area contributed by atoms with Crippen molar-refractivity contribution in [1.29, 1.82) is 0 Å². The van der Waals surface area contributed by atoms with Gasteiger partial charge in [-0.05, 0) is 19.1 Å². The second-order valence-corrected chi connectivity index (χ2v) is 3.63. The number of ether oxygens (including phenoxy) is 1. The maximum Gasteiger partial charge on any atom is 0.316 e. The van der Waals surface area contributed by atoms with Crippen LogP contribution in [0.4, 0.5) is 5.69 Å². The van der Waals surface area contributed by atoms with Gasteiger partial charge in [0.1, 0.15) is 0 Å². The van der Waals surface area contributed by atoms with Gasteiger partial charge < -0.3 is 15.0 Å². The molecule has 1 aromatic carbocycles. The molecule has 0 radical (unpaired) electrons. The Morgan fingerprint density at radius 2 is 1.94 bits per heavy atom. The fourth-order valence-electron chi connectivity index (χ4n) is 1.52. The fourth-order valence-corrected chi connectivity index (χ4v) is 1.52. The lowest BCUT2D eigenvalue weighted by Gasteiger charge is -2.20. The molecular weight excluding hydrogens is 232 g/mol.